The van der Waals surface area contributed by atoms with Crippen LogP contribution in [0.4, 0.5) is 0 Å². The van der Waals surface area contributed by atoms with Crippen LogP contribution in [0.3, 0.4) is 0 Å². The molecule has 2 nitrogen and oxygen atoms in total. The highest BCUT2D eigenvalue weighted by Gasteiger charge is 2.13. The van der Waals surface area contributed by atoms with Gasteiger partial charge in [0.15, 0.2) is 0 Å². The lowest BCUT2D eigenvalue weighted by atomic mass is 9.87. The molecule has 0 amide bonds. The third kappa shape index (κ3) is 4.24. The molecule has 0 N–H and O–H groups in total. The summed E-state index contributed by atoms with van der Waals surface area (Å²) in [6.45, 7) is 7.12. The van der Waals surface area contributed by atoms with E-state index in [2.05, 4.69) is 48.8 Å². The van der Waals surface area contributed by atoms with Gasteiger partial charge in [0, 0.05) is 10.0 Å². The minimum atomic E-state index is 0.161. The Hall–Kier alpha value is -1.48. The van der Waals surface area contributed by atoms with E-state index < -0.39 is 0 Å². The first kappa shape index (κ1) is 15.9. The third-order valence-electron chi connectivity index (χ3n) is 3.37. The van der Waals surface area contributed by atoms with Crippen LogP contribution in [-0.4, -0.2) is 7.11 Å². The first-order chi connectivity index (χ1) is 9.90. The molecule has 0 aromatic heterocycles. The molecular weight excluding hydrogens is 328 g/mol. The molecule has 0 aliphatic carbocycles. The fraction of sp³-hybridized carbons (Fsp3) is 0.333. The molecule has 3 heteroatoms. The molecule has 0 radical (unpaired) electrons. The summed E-state index contributed by atoms with van der Waals surface area (Å²) in [6, 6.07) is 14.2. The van der Waals surface area contributed by atoms with Crippen LogP contribution in [0.1, 0.15) is 31.9 Å². The monoisotopic (exact) mass is 348 g/mol. The number of hydrogen-bond donors (Lipinski definition) is 0. The summed E-state index contributed by atoms with van der Waals surface area (Å²) in [5.74, 6) is 1.71. The van der Waals surface area contributed by atoms with Crippen molar-refractivity contribution in [3.8, 4) is 11.5 Å². The Bertz CT molecular complexity index is 598. The Kier molecular flexibility index (Phi) is 4.94. The van der Waals surface area contributed by atoms with Crippen molar-refractivity contribution in [2.24, 2.45) is 0 Å². The van der Waals surface area contributed by atoms with Crippen LogP contribution in [0, 0.1) is 0 Å². The zero-order valence-electron chi connectivity index (χ0n) is 12.9. The topological polar surface area (TPSA) is 18.5 Å². The van der Waals surface area contributed by atoms with Gasteiger partial charge in [0.1, 0.15) is 18.1 Å². The first-order valence-corrected chi connectivity index (χ1v) is 7.75. The Balaban J connectivity index is 2.06. The normalized spacial score (nSPS) is 11.3. The smallest absolute Gasteiger partial charge is 0.119 e. The summed E-state index contributed by atoms with van der Waals surface area (Å²) in [6.07, 6.45) is 0. The predicted octanol–water partition coefficient (Wildman–Crippen LogP) is 5.33. The molecule has 2 rings (SSSR count). The summed E-state index contributed by atoms with van der Waals surface area (Å²) in [4.78, 5) is 0. The Morgan fingerprint density at radius 1 is 0.952 bits per heavy atom. The lowest BCUT2D eigenvalue weighted by Gasteiger charge is -2.19. The minimum absolute atomic E-state index is 0.161. The highest BCUT2D eigenvalue weighted by molar-refractivity contribution is 9.10. The van der Waals surface area contributed by atoms with E-state index in [1.54, 1.807) is 7.11 Å². The predicted molar refractivity (Wildman–Crippen MR) is 90.2 cm³/mol. The van der Waals surface area contributed by atoms with Gasteiger partial charge < -0.3 is 9.47 Å². The highest BCUT2D eigenvalue weighted by Crippen LogP contribution is 2.26. The van der Waals surface area contributed by atoms with Gasteiger partial charge in [-0.15, -0.1) is 0 Å². The SMILES string of the molecule is COc1ccc(Br)c(COc2ccc(C(C)(C)C)cc2)c1. The van der Waals surface area contributed by atoms with Crippen molar-refractivity contribution < 1.29 is 9.47 Å². The molecule has 21 heavy (non-hydrogen) atoms. The standard InChI is InChI=1S/C18H21BrO2/c1-18(2,3)14-5-7-15(8-6-14)21-12-13-11-16(20-4)9-10-17(13)19/h5-11H,12H2,1-4H3. The van der Waals surface area contributed by atoms with Crippen LogP contribution < -0.4 is 9.47 Å². The van der Waals surface area contributed by atoms with Crippen molar-refractivity contribution >= 4 is 15.9 Å². The van der Waals surface area contributed by atoms with Gasteiger partial charge in [-0.25, -0.2) is 0 Å². The van der Waals surface area contributed by atoms with Gasteiger partial charge in [0.25, 0.3) is 0 Å². The van der Waals surface area contributed by atoms with Crippen LogP contribution >= 0.6 is 15.9 Å². The van der Waals surface area contributed by atoms with Crippen molar-refractivity contribution in [3.05, 3.63) is 58.1 Å². The summed E-state index contributed by atoms with van der Waals surface area (Å²) >= 11 is 3.54. The second-order valence-corrected chi connectivity index (χ2v) is 6.87. The van der Waals surface area contributed by atoms with E-state index in [1.165, 1.54) is 5.56 Å². The number of ether oxygens (including phenoxy) is 2. The molecule has 0 atom stereocenters. The lowest BCUT2D eigenvalue weighted by Crippen LogP contribution is -2.10. The Morgan fingerprint density at radius 2 is 1.57 bits per heavy atom. The number of hydrogen-bond acceptors (Lipinski definition) is 2. The van der Waals surface area contributed by atoms with Gasteiger partial charge in [-0.05, 0) is 41.3 Å². The first-order valence-electron chi connectivity index (χ1n) is 6.96. The summed E-state index contributed by atoms with van der Waals surface area (Å²) in [5.41, 5.74) is 2.53. The van der Waals surface area contributed by atoms with E-state index >= 15 is 0 Å². The van der Waals surface area contributed by atoms with E-state index in [4.69, 9.17) is 9.47 Å². The van der Waals surface area contributed by atoms with E-state index in [1.807, 2.05) is 30.3 Å². The van der Waals surface area contributed by atoms with Gasteiger partial charge in [0.05, 0.1) is 7.11 Å². The zero-order chi connectivity index (χ0) is 15.5. The van der Waals surface area contributed by atoms with Crippen LogP contribution in [0.2, 0.25) is 0 Å². The van der Waals surface area contributed by atoms with Crippen molar-refractivity contribution in [3.63, 3.8) is 0 Å². The highest BCUT2D eigenvalue weighted by atomic mass is 79.9. The van der Waals surface area contributed by atoms with Gasteiger partial charge in [-0.2, -0.15) is 0 Å². The molecule has 0 aliphatic rings. The molecule has 0 spiro atoms. The average molecular weight is 349 g/mol. The molecule has 112 valence electrons. The maximum atomic E-state index is 5.85. The van der Waals surface area contributed by atoms with Crippen molar-refractivity contribution in [1.82, 2.24) is 0 Å². The molecule has 0 saturated carbocycles. The van der Waals surface area contributed by atoms with Gasteiger partial charge in [-0.3, -0.25) is 0 Å². The Labute approximate surface area is 135 Å². The van der Waals surface area contributed by atoms with Crippen LogP contribution in [0.15, 0.2) is 46.9 Å². The molecule has 2 aromatic carbocycles. The number of benzene rings is 2. The van der Waals surface area contributed by atoms with Gasteiger partial charge in [-0.1, -0.05) is 48.8 Å². The summed E-state index contributed by atoms with van der Waals surface area (Å²) in [5, 5.41) is 0. The summed E-state index contributed by atoms with van der Waals surface area (Å²) < 4.78 is 12.1. The lowest BCUT2D eigenvalue weighted by molar-refractivity contribution is 0.304. The second kappa shape index (κ2) is 6.52. The third-order valence-corrected chi connectivity index (χ3v) is 4.14. The van der Waals surface area contributed by atoms with E-state index in [0.29, 0.717) is 6.61 Å². The second-order valence-electron chi connectivity index (χ2n) is 6.02. The number of methoxy groups -OCH3 is 1. The van der Waals surface area contributed by atoms with Gasteiger partial charge >= 0.3 is 0 Å². The maximum absolute atomic E-state index is 5.85. The largest absolute Gasteiger partial charge is 0.497 e. The molecule has 0 aliphatic heterocycles. The fourth-order valence-corrected chi connectivity index (χ4v) is 2.36. The number of halogens is 1. The molecule has 0 heterocycles. The van der Waals surface area contributed by atoms with Crippen molar-refractivity contribution in [2.75, 3.05) is 7.11 Å². The fourth-order valence-electron chi connectivity index (χ4n) is 2.00. The number of rotatable bonds is 4. The average Bonchev–Trinajstić information content (AvgIpc) is 2.46. The minimum Gasteiger partial charge on any atom is -0.497 e. The van der Waals surface area contributed by atoms with E-state index in [9.17, 15) is 0 Å². The Morgan fingerprint density at radius 3 is 2.14 bits per heavy atom. The zero-order valence-corrected chi connectivity index (χ0v) is 14.5. The van der Waals surface area contributed by atoms with E-state index in [0.717, 1.165) is 21.5 Å². The molecular formula is C18H21BrO2. The van der Waals surface area contributed by atoms with Crippen LogP contribution in [0.25, 0.3) is 0 Å². The van der Waals surface area contributed by atoms with Crippen LogP contribution in [-0.2, 0) is 12.0 Å². The quantitative estimate of drug-likeness (QED) is 0.742. The van der Waals surface area contributed by atoms with Crippen molar-refractivity contribution in [2.45, 2.75) is 32.8 Å². The molecule has 0 fully saturated rings. The maximum Gasteiger partial charge on any atom is 0.119 e. The van der Waals surface area contributed by atoms with Crippen LogP contribution in [0.5, 0.6) is 11.5 Å². The van der Waals surface area contributed by atoms with Crippen molar-refractivity contribution in [1.29, 1.82) is 0 Å². The molecule has 0 unspecified atom stereocenters. The molecule has 0 bridgehead atoms. The molecule has 2 aromatic rings. The van der Waals surface area contributed by atoms with E-state index in [-0.39, 0.29) is 5.41 Å². The molecule has 0 saturated heterocycles. The van der Waals surface area contributed by atoms with Gasteiger partial charge in [0.2, 0.25) is 0 Å². The summed E-state index contributed by atoms with van der Waals surface area (Å²) in [7, 11) is 1.67.